The highest BCUT2D eigenvalue weighted by Gasteiger charge is 2.40. The van der Waals surface area contributed by atoms with Crippen LogP contribution in [0, 0.1) is 11.3 Å². The van der Waals surface area contributed by atoms with Crippen molar-refractivity contribution in [2.45, 2.75) is 32.9 Å². The third-order valence-corrected chi connectivity index (χ3v) is 7.60. The summed E-state index contributed by atoms with van der Waals surface area (Å²) >= 11 is 0. The van der Waals surface area contributed by atoms with Crippen LogP contribution in [0.5, 0.6) is 0 Å². The summed E-state index contributed by atoms with van der Waals surface area (Å²) in [4.78, 5) is 0. The van der Waals surface area contributed by atoms with Gasteiger partial charge in [-0.15, -0.1) is 0 Å². The van der Waals surface area contributed by atoms with Gasteiger partial charge in [-0.1, -0.05) is 66.8 Å². The van der Waals surface area contributed by atoms with E-state index >= 15 is 0 Å². The second kappa shape index (κ2) is 5.84. The van der Waals surface area contributed by atoms with Crippen LogP contribution in [0.1, 0.15) is 19.8 Å². The van der Waals surface area contributed by atoms with E-state index < -0.39 is 8.07 Å². The molecule has 1 fully saturated rings. The zero-order valence-corrected chi connectivity index (χ0v) is 13.8. The standard InChI is InChI=1S/C17H26O2Si/c1-14-9-17(12-18,13-19)10-15(14)11-20(2,3)16-7-5-4-6-8-16/h4-8,11,14,18-19H,9-10,12-13H2,1-3H3/b15-11-. The maximum atomic E-state index is 9.59. The summed E-state index contributed by atoms with van der Waals surface area (Å²) in [5.74, 6) is 0.463. The Hall–Kier alpha value is -0.903. The maximum Gasteiger partial charge on any atom is 0.104 e. The van der Waals surface area contributed by atoms with Crippen LogP contribution in [0.4, 0.5) is 0 Å². The van der Waals surface area contributed by atoms with E-state index in [0.717, 1.165) is 12.8 Å². The lowest BCUT2D eigenvalue weighted by Gasteiger charge is -2.23. The van der Waals surface area contributed by atoms with Crippen molar-refractivity contribution in [3.8, 4) is 0 Å². The molecule has 0 radical (unpaired) electrons. The van der Waals surface area contributed by atoms with E-state index in [0.29, 0.717) is 5.92 Å². The fraction of sp³-hybridized carbons (Fsp3) is 0.529. The number of benzene rings is 1. The van der Waals surface area contributed by atoms with Crippen molar-refractivity contribution < 1.29 is 10.2 Å². The van der Waals surface area contributed by atoms with E-state index in [1.54, 1.807) is 0 Å². The number of hydrogen-bond acceptors (Lipinski definition) is 2. The van der Waals surface area contributed by atoms with Gasteiger partial charge in [0.15, 0.2) is 0 Å². The topological polar surface area (TPSA) is 40.5 Å². The summed E-state index contributed by atoms with van der Waals surface area (Å²) in [6.45, 7) is 7.10. The Morgan fingerprint density at radius 2 is 1.80 bits per heavy atom. The minimum atomic E-state index is -1.60. The molecule has 1 aromatic carbocycles. The minimum Gasteiger partial charge on any atom is -0.396 e. The predicted octanol–water partition coefficient (Wildman–Crippen LogP) is 2.47. The van der Waals surface area contributed by atoms with E-state index in [-0.39, 0.29) is 18.6 Å². The molecule has 2 rings (SSSR count). The predicted molar refractivity (Wildman–Crippen MR) is 86.6 cm³/mol. The van der Waals surface area contributed by atoms with Crippen molar-refractivity contribution in [2.24, 2.45) is 11.3 Å². The van der Waals surface area contributed by atoms with Crippen LogP contribution in [0.15, 0.2) is 41.6 Å². The largest absolute Gasteiger partial charge is 0.396 e. The lowest BCUT2D eigenvalue weighted by atomic mass is 9.87. The smallest absolute Gasteiger partial charge is 0.104 e. The molecule has 0 aromatic heterocycles. The van der Waals surface area contributed by atoms with Crippen LogP contribution in [-0.4, -0.2) is 31.5 Å². The van der Waals surface area contributed by atoms with Gasteiger partial charge in [0, 0.05) is 5.41 Å². The number of aliphatic hydroxyl groups excluding tert-OH is 2. The molecule has 0 saturated heterocycles. The monoisotopic (exact) mass is 290 g/mol. The van der Waals surface area contributed by atoms with Gasteiger partial charge in [0.1, 0.15) is 8.07 Å². The number of hydrogen-bond donors (Lipinski definition) is 2. The molecule has 1 saturated carbocycles. The first-order valence-corrected chi connectivity index (χ1v) is 10.5. The van der Waals surface area contributed by atoms with Gasteiger partial charge in [-0.25, -0.2) is 0 Å². The third-order valence-electron chi connectivity index (χ3n) is 4.69. The highest BCUT2D eigenvalue weighted by molar-refractivity contribution is 6.94. The Balaban J connectivity index is 2.27. The van der Waals surface area contributed by atoms with Crippen molar-refractivity contribution >= 4 is 13.3 Å². The fourth-order valence-corrected chi connectivity index (χ4v) is 5.89. The van der Waals surface area contributed by atoms with Crippen LogP contribution >= 0.6 is 0 Å². The van der Waals surface area contributed by atoms with Gasteiger partial charge in [-0.05, 0) is 18.8 Å². The van der Waals surface area contributed by atoms with Crippen molar-refractivity contribution in [1.82, 2.24) is 0 Å². The van der Waals surface area contributed by atoms with Gasteiger partial charge in [-0.3, -0.25) is 0 Å². The first-order chi connectivity index (χ1) is 9.42. The van der Waals surface area contributed by atoms with E-state index in [2.05, 4.69) is 56.0 Å². The first-order valence-electron chi connectivity index (χ1n) is 7.41. The van der Waals surface area contributed by atoms with Gasteiger partial charge in [0.25, 0.3) is 0 Å². The summed E-state index contributed by atoms with van der Waals surface area (Å²) in [6, 6.07) is 10.7. The number of rotatable bonds is 4. The van der Waals surface area contributed by atoms with Gasteiger partial charge in [-0.2, -0.15) is 0 Å². The summed E-state index contributed by atoms with van der Waals surface area (Å²) in [7, 11) is -1.60. The third kappa shape index (κ3) is 3.05. The number of aliphatic hydroxyl groups is 2. The van der Waals surface area contributed by atoms with Gasteiger partial charge in [0.05, 0.1) is 13.2 Å². The molecule has 1 aliphatic carbocycles. The fourth-order valence-electron chi connectivity index (χ4n) is 3.36. The molecule has 3 heteroatoms. The van der Waals surface area contributed by atoms with Crippen LogP contribution in [0.2, 0.25) is 13.1 Å². The van der Waals surface area contributed by atoms with Crippen LogP contribution in [0.25, 0.3) is 0 Å². The van der Waals surface area contributed by atoms with Crippen LogP contribution in [0.3, 0.4) is 0 Å². The molecule has 110 valence electrons. The van der Waals surface area contributed by atoms with E-state index in [1.807, 2.05) is 0 Å². The van der Waals surface area contributed by atoms with Crippen molar-refractivity contribution in [2.75, 3.05) is 13.2 Å². The summed E-state index contributed by atoms with van der Waals surface area (Å²) in [5.41, 5.74) is 3.60. The second-order valence-corrected chi connectivity index (χ2v) is 11.2. The highest BCUT2D eigenvalue weighted by atomic mass is 28.3. The molecule has 0 spiro atoms. The zero-order chi connectivity index (χ0) is 14.8. The first kappa shape index (κ1) is 15.5. The van der Waals surface area contributed by atoms with Gasteiger partial charge in [0.2, 0.25) is 0 Å². The molecule has 20 heavy (non-hydrogen) atoms. The zero-order valence-electron chi connectivity index (χ0n) is 12.8. The Kier molecular flexibility index (Phi) is 4.52. The molecule has 1 aromatic rings. The average molecular weight is 290 g/mol. The molecule has 0 bridgehead atoms. The summed E-state index contributed by atoms with van der Waals surface area (Å²) in [6.07, 6.45) is 1.73. The Bertz CT molecular complexity index is 475. The lowest BCUT2D eigenvalue weighted by Crippen LogP contribution is -2.40. The van der Waals surface area contributed by atoms with Crippen molar-refractivity contribution in [1.29, 1.82) is 0 Å². The quantitative estimate of drug-likeness (QED) is 0.836. The molecule has 2 nitrogen and oxygen atoms in total. The molecule has 1 unspecified atom stereocenters. The van der Waals surface area contributed by atoms with Crippen LogP contribution < -0.4 is 5.19 Å². The van der Waals surface area contributed by atoms with Crippen molar-refractivity contribution in [3.05, 3.63) is 41.6 Å². The average Bonchev–Trinajstić information content (AvgIpc) is 2.76. The molecule has 0 amide bonds. The van der Waals surface area contributed by atoms with Gasteiger partial charge >= 0.3 is 0 Å². The van der Waals surface area contributed by atoms with Crippen molar-refractivity contribution in [3.63, 3.8) is 0 Å². The SMILES string of the molecule is CC1CC(CO)(CO)C/C1=C/[Si](C)(C)c1ccccc1. The Labute approximate surface area is 123 Å². The number of allylic oxidation sites excluding steroid dienone is 1. The Morgan fingerprint density at radius 1 is 1.20 bits per heavy atom. The molecule has 1 atom stereocenters. The van der Waals surface area contributed by atoms with Crippen LogP contribution in [-0.2, 0) is 0 Å². The molecule has 2 N–H and O–H groups in total. The molecule has 0 aliphatic heterocycles. The Morgan fingerprint density at radius 3 is 2.30 bits per heavy atom. The molecular weight excluding hydrogens is 264 g/mol. The molecule has 1 aliphatic rings. The molecular formula is C17H26O2Si. The van der Waals surface area contributed by atoms with E-state index in [4.69, 9.17) is 0 Å². The second-order valence-electron chi connectivity index (χ2n) is 6.91. The van der Waals surface area contributed by atoms with E-state index in [9.17, 15) is 10.2 Å². The summed E-state index contributed by atoms with van der Waals surface area (Å²) < 4.78 is 0. The van der Waals surface area contributed by atoms with E-state index in [1.165, 1.54) is 10.8 Å². The highest BCUT2D eigenvalue weighted by Crippen LogP contribution is 2.45. The van der Waals surface area contributed by atoms with Gasteiger partial charge < -0.3 is 10.2 Å². The summed E-state index contributed by atoms with van der Waals surface area (Å²) in [5, 5.41) is 20.6. The normalized spacial score (nSPS) is 24.2. The lowest BCUT2D eigenvalue weighted by molar-refractivity contribution is 0.0590. The molecule has 0 heterocycles. The minimum absolute atomic E-state index is 0.0818. The maximum absolute atomic E-state index is 9.59.